The van der Waals surface area contributed by atoms with Gasteiger partial charge in [0.2, 0.25) is 11.7 Å². The molecular formula is C22H25ClN6O. The molecule has 1 aromatic heterocycles. The molecule has 4 rings (SSSR count). The minimum atomic E-state index is -0.569. The zero-order valence-corrected chi connectivity index (χ0v) is 17.8. The highest BCUT2D eigenvalue weighted by atomic mass is 35.5. The van der Waals surface area contributed by atoms with Crippen LogP contribution >= 0.6 is 11.6 Å². The topological polar surface area (TPSA) is 95.6 Å². The summed E-state index contributed by atoms with van der Waals surface area (Å²) in [7, 11) is 0. The van der Waals surface area contributed by atoms with Crippen LogP contribution in [0.2, 0.25) is 5.02 Å². The molecule has 1 atom stereocenters. The number of hydrogen-bond donors (Lipinski definition) is 3. The van der Waals surface area contributed by atoms with Gasteiger partial charge < -0.3 is 10.6 Å². The van der Waals surface area contributed by atoms with Crippen molar-refractivity contribution in [2.24, 2.45) is 5.92 Å². The molecule has 1 aliphatic carbocycles. The lowest BCUT2D eigenvalue weighted by atomic mass is 10.00. The second kappa shape index (κ2) is 8.83. The fraction of sp³-hybridized carbons (Fsp3) is 0.364. The Morgan fingerprint density at radius 2 is 2.07 bits per heavy atom. The average Bonchev–Trinajstić information content (AvgIpc) is 3.44. The highest BCUT2D eigenvalue weighted by molar-refractivity contribution is 6.30. The van der Waals surface area contributed by atoms with E-state index in [-0.39, 0.29) is 5.91 Å². The molecule has 30 heavy (non-hydrogen) atoms. The fourth-order valence-corrected chi connectivity index (χ4v) is 3.61. The maximum absolute atomic E-state index is 13.1. The van der Waals surface area contributed by atoms with Crippen LogP contribution in [0.4, 0.5) is 5.69 Å². The lowest BCUT2D eigenvalue weighted by molar-refractivity contribution is -0.122. The van der Waals surface area contributed by atoms with Gasteiger partial charge in [0.05, 0.1) is 0 Å². The van der Waals surface area contributed by atoms with E-state index in [0.717, 1.165) is 16.8 Å². The maximum atomic E-state index is 13.1. The van der Waals surface area contributed by atoms with Crippen molar-refractivity contribution in [2.45, 2.75) is 38.6 Å². The van der Waals surface area contributed by atoms with E-state index in [0.29, 0.717) is 29.2 Å². The molecule has 1 saturated carbocycles. The van der Waals surface area contributed by atoms with Gasteiger partial charge in [-0.05, 0) is 65.3 Å². The van der Waals surface area contributed by atoms with Gasteiger partial charge in [0, 0.05) is 22.8 Å². The van der Waals surface area contributed by atoms with Crippen molar-refractivity contribution < 1.29 is 4.79 Å². The lowest BCUT2D eigenvalue weighted by Gasteiger charge is -2.22. The number of carbonyl (C=O) groups excluding carboxylic acids is 1. The minimum Gasteiger partial charge on any atom is -0.370 e. The van der Waals surface area contributed by atoms with E-state index in [1.54, 1.807) is 0 Å². The van der Waals surface area contributed by atoms with E-state index in [2.05, 4.69) is 51.2 Å². The molecule has 0 bridgehead atoms. The lowest BCUT2D eigenvalue weighted by Crippen LogP contribution is -2.35. The largest absolute Gasteiger partial charge is 0.370 e. The van der Waals surface area contributed by atoms with Gasteiger partial charge in [0.1, 0.15) is 6.04 Å². The normalized spacial score (nSPS) is 14.5. The SMILES string of the molecule is CC(C)CNC(=O)[C@H](Nc1cccc(-c2nn[nH]n2)c1)c1cc(Cl)cc(C2CC2)c1. The number of benzene rings is 2. The van der Waals surface area contributed by atoms with Gasteiger partial charge in [-0.1, -0.05) is 43.6 Å². The smallest absolute Gasteiger partial charge is 0.247 e. The summed E-state index contributed by atoms with van der Waals surface area (Å²) in [6.07, 6.45) is 2.34. The molecule has 0 saturated heterocycles. The van der Waals surface area contributed by atoms with Crippen molar-refractivity contribution in [2.75, 3.05) is 11.9 Å². The van der Waals surface area contributed by atoms with E-state index < -0.39 is 6.04 Å². The molecule has 1 heterocycles. The first-order valence-corrected chi connectivity index (χ1v) is 10.6. The summed E-state index contributed by atoms with van der Waals surface area (Å²) >= 11 is 6.41. The number of H-pyrrole nitrogens is 1. The molecule has 2 aromatic carbocycles. The molecular weight excluding hydrogens is 400 g/mol. The second-order valence-corrected chi connectivity index (χ2v) is 8.56. The first-order chi connectivity index (χ1) is 14.5. The van der Waals surface area contributed by atoms with Gasteiger partial charge in [0.15, 0.2) is 0 Å². The maximum Gasteiger partial charge on any atom is 0.247 e. The predicted octanol–water partition coefficient (Wildman–Crippen LogP) is 4.32. The quantitative estimate of drug-likeness (QED) is 0.500. The minimum absolute atomic E-state index is 0.0855. The summed E-state index contributed by atoms with van der Waals surface area (Å²) in [6.45, 7) is 4.75. The van der Waals surface area contributed by atoms with E-state index in [1.165, 1.54) is 18.4 Å². The summed E-state index contributed by atoms with van der Waals surface area (Å²) in [4.78, 5) is 13.1. The number of carbonyl (C=O) groups is 1. The Morgan fingerprint density at radius 3 is 2.77 bits per heavy atom. The summed E-state index contributed by atoms with van der Waals surface area (Å²) in [5.74, 6) is 1.32. The number of hydrogen-bond acceptors (Lipinski definition) is 5. The number of nitrogens with zero attached hydrogens (tertiary/aromatic N) is 3. The summed E-state index contributed by atoms with van der Waals surface area (Å²) < 4.78 is 0. The Labute approximate surface area is 180 Å². The first-order valence-electron chi connectivity index (χ1n) is 10.2. The van der Waals surface area contributed by atoms with Crippen molar-refractivity contribution >= 4 is 23.2 Å². The highest BCUT2D eigenvalue weighted by Crippen LogP contribution is 2.42. The molecule has 1 aliphatic rings. The third-order valence-corrected chi connectivity index (χ3v) is 5.27. The Bertz CT molecular complexity index is 1020. The van der Waals surface area contributed by atoms with Crippen molar-refractivity contribution in [1.82, 2.24) is 25.9 Å². The molecule has 8 heteroatoms. The summed E-state index contributed by atoms with van der Waals surface area (Å²) in [5.41, 5.74) is 3.65. The van der Waals surface area contributed by atoms with Gasteiger partial charge in [-0.3, -0.25) is 4.79 Å². The third kappa shape index (κ3) is 4.97. The number of halogens is 1. The van der Waals surface area contributed by atoms with Crippen LogP contribution in [-0.4, -0.2) is 33.1 Å². The van der Waals surface area contributed by atoms with Crippen LogP contribution in [0.15, 0.2) is 42.5 Å². The second-order valence-electron chi connectivity index (χ2n) is 8.12. The van der Waals surface area contributed by atoms with Crippen molar-refractivity contribution in [3.63, 3.8) is 0 Å². The van der Waals surface area contributed by atoms with Crippen LogP contribution in [0.1, 0.15) is 49.8 Å². The van der Waals surface area contributed by atoms with Crippen LogP contribution in [0, 0.1) is 5.92 Å². The summed E-state index contributed by atoms with van der Waals surface area (Å²) in [6, 6.07) is 13.0. The molecule has 156 valence electrons. The fourth-order valence-electron chi connectivity index (χ4n) is 3.36. The van der Waals surface area contributed by atoms with Crippen molar-refractivity contribution in [1.29, 1.82) is 0 Å². The number of aromatic amines is 1. The van der Waals surface area contributed by atoms with E-state index in [1.807, 2.05) is 36.4 Å². The number of nitrogens with one attached hydrogen (secondary N) is 3. The average molecular weight is 425 g/mol. The number of aromatic nitrogens is 4. The van der Waals surface area contributed by atoms with Crippen LogP contribution in [0.3, 0.4) is 0 Å². The van der Waals surface area contributed by atoms with Gasteiger partial charge in [-0.25, -0.2) is 0 Å². The standard InChI is InChI=1S/C22H25ClN6O/c1-13(2)12-24-22(30)20(17-8-16(14-6-7-14)9-18(23)10-17)25-19-5-3-4-15(11-19)21-26-28-29-27-21/h3-5,8-11,13-14,20,25H,6-7,12H2,1-2H3,(H,24,30)(H,26,27,28,29)/t20-/m1/s1. The third-order valence-electron chi connectivity index (χ3n) is 5.05. The monoisotopic (exact) mass is 424 g/mol. The molecule has 3 N–H and O–H groups in total. The number of tetrazole rings is 1. The Kier molecular flexibility index (Phi) is 5.99. The first kappa shape index (κ1) is 20.3. The van der Waals surface area contributed by atoms with Crippen molar-refractivity contribution in [3.05, 3.63) is 58.6 Å². The molecule has 0 unspecified atom stereocenters. The zero-order chi connectivity index (χ0) is 21.1. The number of amides is 1. The highest BCUT2D eigenvalue weighted by Gasteiger charge is 2.27. The number of anilines is 1. The molecule has 7 nitrogen and oxygen atoms in total. The van der Waals surface area contributed by atoms with Gasteiger partial charge >= 0.3 is 0 Å². The Balaban J connectivity index is 1.64. The van der Waals surface area contributed by atoms with E-state index >= 15 is 0 Å². The molecule has 1 fully saturated rings. The number of rotatable bonds is 8. The van der Waals surface area contributed by atoms with Crippen LogP contribution in [0.5, 0.6) is 0 Å². The molecule has 0 aliphatic heterocycles. The van der Waals surface area contributed by atoms with E-state index in [9.17, 15) is 4.79 Å². The molecule has 0 radical (unpaired) electrons. The van der Waals surface area contributed by atoms with Crippen molar-refractivity contribution in [3.8, 4) is 11.4 Å². The Hall–Kier alpha value is -2.93. The molecule has 0 spiro atoms. The van der Waals surface area contributed by atoms with Gasteiger partial charge in [0.25, 0.3) is 0 Å². The van der Waals surface area contributed by atoms with E-state index in [4.69, 9.17) is 11.6 Å². The predicted molar refractivity (Wildman–Crippen MR) is 117 cm³/mol. The van der Waals surface area contributed by atoms with Crippen LogP contribution < -0.4 is 10.6 Å². The molecule has 3 aromatic rings. The van der Waals surface area contributed by atoms with Crippen LogP contribution in [0.25, 0.3) is 11.4 Å². The van der Waals surface area contributed by atoms with Crippen LogP contribution in [-0.2, 0) is 4.79 Å². The molecule has 1 amide bonds. The van der Waals surface area contributed by atoms with Gasteiger partial charge in [-0.2, -0.15) is 5.21 Å². The zero-order valence-electron chi connectivity index (χ0n) is 17.0. The Morgan fingerprint density at radius 1 is 1.23 bits per heavy atom. The van der Waals surface area contributed by atoms with Gasteiger partial charge in [-0.15, -0.1) is 10.2 Å². The summed E-state index contributed by atoms with van der Waals surface area (Å²) in [5, 5.41) is 21.2.